The van der Waals surface area contributed by atoms with Crippen LogP contribution in [0.4, 0.5) is 13.2 Å². The Bertz CT molecular complexity index is 388. The zero-order valence-corrected chi connectivity index (χ0v) is 10.1. The second kappa shape index (κ2) is 6.12. The largest absolute Gasteiger partial charge is 0.573 e. The third-order valence-electron chi connectivity index (χ3n) is 2.50. The number of alkyl halides is 3. The van der Waals surface area contributed by atoms with Crippen LogP contribution in [0.3, 0.4) is 0 Å². The van der Waals surface area contributed by atoms with E-state index >= 15 is 0 Å². The summed E-state index contributed by atoms with van der Waals surface area (Å²) in [6.07, 6.45) is -4.72. The molecular formula is C12H14F3NO3. The molecule has 1 heterocycles. The maximum Gasteiger partial charge on any atom is 0.573 e. The molecule has 7 heteroatoms. The molecule has 0 radical (unpaired) electrons. The third kappa shape index (κ3) is 4.96. The first-order valence-electron chi connectivity index (χ1n) is 5.84. The fourth-order valence-corrected chi connectivity index (χ4v) is 1.65. The van der Waals surface area contributed by atoms with Gasteiger partial charge in [-0.1, -0.05) is 0 Å². The lowest BCUT2D eigenvalue weighted by Crippen LogP contribution is -2.41. The van der Waals surface area contributed by atoms with E-state index in [9.17, 15) is 13.2 Å². The normalized spacial score (nSPS) is 20.1. The Kier molecular flexibility index (Phi) is 4.49. The fraction of sp³-hybridized carbons (Fsp3) is 0.500. The molecule has 0 aromatic heterocycles. The van der Waals surface area contributed by atoms with E-state index in [0.29, 0.717) is 25.5 Å². The van der Waals surface area contributed by atoms with Crippen LogP contribution in [0.1, 0.15) is 0 Å². The van der Waals surface area contributed by atoms with Crippen LogP contribution in [0.5, 0.6) is 11.5 Å². The molecule has 4 nitrogen and oxygen atoms in total. The molecule has 1 saturated heterocycles. The predicted octanol–water partition coefficient (Wildman–Crippen LogP) is 1.95. The Morgan fingerprint density at radius 1 is 1.21 bits per heavy atom. The van der Waals surface area contributed by atoms with Crippen LogP contribution < -0.4 is 14.8 Å². The molecule has 0 bridgehead atoms. The van der Waals surface area contributed by atoms with E-state index in [1.165, 1.54) is 24.3 Å². The zero-order valence-electron chi connectivity index (χ0n) is 10.1. The summed E-state index contributed by atoms with van der Waals surface area (Å²) in [4.78, 5) is 0. The first kappa shape index (κ1) is 14.0. The fourth-order valence-electron chi connectivity index (χ4n) is 1.65. The second-order valence-corrected chi connectivity index (χ2v) is 4.03. The van der Waals surface area contributed by atoms with Gasteiger partial charge in [0.2, 0.25) is 0 Å². The average molecular weight is 277 g/mol. The average Bonchev–Trinajstić information content (AvgIpc) is 2.37. The van der Waals surface area contributed by atoms with Crippen molar-refractivity contribution in [2.45, 2.75) is 12.5 Å². The van der Waals surface area contributed by atoms with E-state index in [1.54, 1.807) is 0 Å². The highest BCUT2D eigenvalue weighted by Crippen LogP contribution is 2.24. The van der Waals surface area contributed by atoms with Gasteiger partial charge in [0.15, 0.2) is 0 Å². The number of nitrogens with one attached hydrogen (secondary N) is 1. The summed E-state index contributed by atoms with van der Waals surface area (Å²) in [5.41, 5.74) is 0. The van der Waals surface area contributed by atoms with E-state index in [0.717, 1.165) is 6.54 Å². The van der Waals surface area contributed by atoms with Gasteiger partial charge in [0.25, 0.3) is 0 Å². The minimum atomic E-state index is -4.68. The predicted molar refractivity (Wildman–Crippen MR) is 61.2 cm³/mol. The zero-order chi connectivity index (χ0) is 13.7. The van der Waals surface area contributed by atoms with E-state index in [4.69, 9.17) is 9.47 Å². The lowest BCUT2D eigenvalue weighted by atomic mass is 10.3. The first-order valence-corrected chi connectivity index (χ1v) is 5.84. The van der Waals surface area contributed by atoms with Gasteiger partial charge in [-0.3, -0.25) is 0 Å². The molecule has 0 aliphatic carbocycles. The Balaban J connectivity index is 1.81. The number of ether oxygens (including phenoxy) is 3. The molecule has 0 spiro atoms. The van der Waals surface area contributed by atoms with Gasteiger partial charge in [0.1, 0.15) is 24.2 Å². The highest BCUT2D eigenvalue weighted by molar-refractivity contribution is 5.31. The molecule has 19 heavy (non-hydrogen) atoms. The highest BCUT2D eigenvalue weighted by Gasteiger charge is 2.30. The monoisotopic (exact) mass is 277 g/mol. The van der Waals surface area contributed by atoms with Crippen LogP contribution in [0.15, 0.2) is 24.3 Å². The Morgan fingerprint density at radius 2 is 1.89 bits per heavy atom. The summed E-state index contributed by atoms with van der Waals surface area (Å²) in [5, 5.41) is 3.16. The van der Waals surface area contributed by atoms with Crippen LogP contribution in [0, 0.1) is 0 Å². The lowest BCUT2D eigenvalue weighted by molar-refractivity contribution is -0.274. The van der Waals surface area contributed by atoms with E-state index in [-0.39, 0.29) is 11.9 Å². The number of benzene rings is 1. The quantitative estimate of drug-likeness (QED) is 0.913. The topological polar surface area (TPSA) is 39.7 Å². The standard InChI is InChI=1S/C12H14F3NO3/c13-12(14,15)19-10-3-1-9(2-4-10)18-8-11-7-16-5-6-17-11/h1-4,11,16H,5-8H2. The number of hydrogen-bond donors (Lipinski definition) is 1. The van der Waals surface area contributed by atoms with Gasteiger partial charge in [-0.25, -0.2) is 0 Å². The summed E-state index contributed by atoms with van der Waals surface area (Å²) in [5.74, 6) is 0.208. The number of rotatable bonds is 4. The molecule has 1 fully saturated rings. The Hall–Kier alpha value is -1.47. The van der Waals surface area contributed by atoms with Crippen molar-refractivity contribution in [2.75, 3.05) is 26.3 Å². The van der Waals surface area contributed by atoms with Crippen LogP contribution in [-0.2, 0) is 4.74 Å². The summed E-state index contributed by atoms with van der Waals surface area (Å²) in [6.45, 7) is 2.51. The molecule has 1 aromatic rings. The SMILES string of the molecule is FC(F)(F)Oc1ccc(OCC2CNCCO2)cc1. The third-order valence-corrected chi connectivity index (χ3v) is 2.50. The van der Waals surface area contributed by atoms with Crippen molar-refractivity contribution in [3.05, 3.63) is 24.3 Å². The molecule has 1 aromatic carbocycles. The van der Waals surface area contributed by atoms with Crippen LogP contribution in [0.25, 0.3) is 0 Å². The lowest BCUT2D eigenvalue weighted by Gasteiger charge is -2.23. The molecule has 1 atom stereocenters. The van der Waals surface area contributed by atoms with Crippen molar-refractivity contribution in [3.8, 4) is 11.5 Å². The molecule has 1 aliphatic heterocycles. The summed E-state index contributed by atoms with van der Waals surface area (Å²) in [6, 6.07) is 5.28. The van der Waals surface area contributed by atoms with E-state index in [1.807, 2.05) is 0 Å². The van der Waals surface area contributed by atoms with Crippen LogP contribution >= 0.6 is 0 Å². The van der Waals surface area contributed by atoms with Crippen molar-refractivity contribution in [1.82, 2.24) is 5.32 Å². The Labute approximate surface area is 108 Å². The maximum absolute atomic E-state index is 12.0. The summed E-state index contributed by atoms with van der Waals surface area (Å²) in [7, 11) is 0. The Morgan fingerprint density at radius 3 is 2.47 bits per heavy atom. The minimum absolute atomic E-state index is 0.0418. The van der Waals surface area contributed by atoms with Crippen molar-refractivity contribution in [3.63, 3.8) is 0 Å². The van der Waals surface area contributed by atoms with Gasteiger partial charge in [0, 0.05) is 13.1 Å². The molecule has 0 amide bonds. The molecule has 2 rings (SSSR count). The molecule has 106 valence electrons. The number of hydrogen-bond acceptors (Lipinski definition) is 4. The smallest absolute Gasteiger partial charge is 0.491 e. The molecule has 0 saturated carbocycles. The summed E-state index contributed by atoms with van der Waals surface area (Å²) >= 11 is 0. The second-order valence-electron chi connectivity index (χ2n) is 4.03. The highest BCUT2D eigenvalue weighted by atomic mass is 19.4. The molecular weight excluding hydrogens is 263 g/mol. The van der Waals surface area contributed by atoms with Crippen molar-refractivity contribution < 1.29 is 27.4 Å². The van der Waals surface area contributed by atoms with Gasteiger partial charge < -0.3 is 19.5 Å². The van der Waals surface area contributed by atoms with Crippen LogP contribution in [0.2, 0.25) is 0 Å². The van der Waals surface area contributed by atoms with E-state index < -0.39 is 6.36 Å². The van der Waals surface area contributed by atoms with E-state index in [2.05, 4.69) is 10.1 Å². The number of halogens is 3. The summed E-state index contributed by atoms with van der Waals surface area (Å²) < 4.78 is 50.5. The van der Waals surface area contributed by atoms with Gasteiger partial charge in [-0.15, -0.1) is 13.2 Å². The molecule has 1 N–H and O–H groups in total. The first-order chi connectivity index (χ1) is 9.03. The maximum atomic E-state index is 12.0. The molecule has 1 aliphatic rings. The van der Waals surface area contributed by atoms with Gasteiger partial charge in [-0.2, -0.15) is 0 Å². The van der Waals surface area contributed by atoms with Gasteiger partial charge >= 0.3 is 6.36 Å². The molecule has 1 unspecified atom stereocenters. The minimum Gasteiger partial charge on any atom is -0.491 e. The van der Waals surface area contributed by atoms with Crippen molar-refractivity contribution in [2.24, 2.45) is 0 Å². The van der Waals surface area contributed by atoms with Crippen molar-refractivity contribution >= 4 is 0 Å². The van der Waals surface area contributed by atoms with Gasteiger partial charge in [0.05, 0.1) is 6.61 Å². The number of morpholine rings is 1. The van der Waals surface area contributed by atoms with Crippen molar-refractivity contribution in [1.29, 1.82) is 0 Å². The van der Waals surface area contributed by atoms with Gasteiger partial charge in [-0.05, 0) is 24.3 Å². The van der Waals surface area contributed by atoms with Crippen LogP contribution in [-0.4, -0.2) is 38.8 Å².